The average Bonchev–Trinajstić information content (AvgIpc) is 2.73. The molecular formula is C16H21FN2O3. The third-order valence-corrected chi connectivity index (χ3v) is 3.78. The Hall–Kier alpha value is -2.11. The predicted octanol–water partition coefficient (Wildman–Crippen LogP) is 2.56. The number of hydrogen-bond donors (Lipinski definition) is 1. The fourth-order valence-electron chi connectivity index (χ4n) is 2.77. The zero-order valence-electron chi connectivity index (χ0n) is 13.0. The topological polar surface area (TPSA) is 60.9 Å². The van der Waals surface area contributed by atoms with E-state index in [1.165, 1.54) is 17.0 Å². The maximum absolute atomic E-state index is 12.9. The number of aliphatic carboxylic acids is 1. The first kappa shape index (κ1) is 16.3. The van der Waals surface area contributed by atoms with Crippen molar-refractivity contribution in [1.82, 2.24) is 9.80 Å². The number of carboxylic acids is 1. The third kappa shape index (κ3) is 3.37. The molecule has 2 amide bonds. The van der Waals surface area contributed by atoms with Gasteiger partial charge in [-0.2, -0.15) is 0 Å². The van der Waals surface area contributed by atoms with E-state index in [0.29, 0.717) is 19.6 Å². The summed E-state index contributed by atoms with van der Waals surface area (Å²) in [6.45, 7) is 6.63. The first-order valence-corrected chi connectivity index (χ1v) is 7.23. The molecule has 0 unspecified atom stereocenters. The minimum absolute atomic E-state index is 0.286. The highest BCUT2D eigenvalue weighted by molar-refractivity contribution is 5.84. The molecule has 1 aromatic carbocycles. The lowest BCUT2D eigenvalue weighted by Crippen LogP contribution is -2.50. The van der Waals surface area contributed by atoms with Crippen molar-refractivity contribution in [2.75, 3.05) is 13.1 Å². The van der Waals surface area contributed by atoms with Crippen LogP contribution < -0.4 is 0 Å². The number of halogens is 1. The Bertz CT molecular complexity index is 566. The van der Waals surface area contributed by atoms with E-state index in [-0.39, 0.29) is 11.8 Å². The number of carboxylic acid groups (broad SMARTS) is 1. The first-order valence-electron chi connectivity index (χ1n) is 7.23. The van der Waals surface area contributed by atoms with Gasteiger partial charge in [-0.3, -0.25) is 0 Å². The second-order valence-electron chi connectivity index (χ2n) is 6.63. The lowest BCUT2D eigenvalue weighted by molar-refractivity contribution is -0.145. The molecule has 1 aromatic rings. The Balaban J connectivity index is 2.12. The maximum atomic E-state index is 12.9. The van der Waals surface area contributed by atoms with Gasteiger partial charge in [-0.15, -0.1) is 0 Å². The van der Waals surface area contributed by atoms with Gasteiger partial charge in [0, 0.05) is 19.6 Å². The van der Waals surface area contributed by atoms with Crippen LogP contribution in [0.3, 0.4) is 0 Å². The van der Waals surface area contributed by atoms with E-state index in [1.807, 2.05) is 20.8 Å². The number of carbonyl (C=O) groups excluding carboxylic acids is 1. The van der Waals surface area contributed by atoms with Crippen LogP contribution in [-0.4, -0.2) is 46.0 Å². The zero-order chi connectivity index (χ0) is 16.5. The second kappa shape index (κ2) is 5.94. The van der Waals surface area contributed by atoms with Crippen LogP contribution in [0.1, 0.15) is 26.3 Å². The van der Waals surface area contributed by atoms with Crippen LogP contribution in [-0.2, 0) is 11.3 Å². The number of amides is 2. The lowest BCUT2D eigenvalue weighted by Gasteiger charge is -2.34. The monoisotopic (exact) mass is 308 g/mol. The van der Waals surface area contributed by atoms with Gasteiger partial charge in [-0.25, -0.2) is 14.0 Å². The Morgan fingerprint density at radius 3 is 2.36 bits per heavy atom. The third-order valence-electron chi connectivity index (χ3n) is 3.78. The van der Waals surface area contributed by atoms with E-state index >= 15 is 0 Å². The molecule has 0 spiro atoms. The van der Waals surface area contributed by atoms with Crippen molar-refractivity contribution in [2.45, 2.75) is 33.4 Å². The van der Waals surface area contributed by atoms with Crippen LogP contribution in [0.2, 0.25) is 0 Å². The Morgan fingerprint density at radius 1 is 1.27 bits per heavy atom. The number of hydrogen-bond acceptors (Lipinski definition) is 2. The van der Waals surface area contributed by atoms with Gasteiger partial charge in [0.2, 0.25) is 0 Å². The number of carbonyl (C=O) groups is 2. The molecule has 1 atom stereocenters. The van der Waals surface area contributed by atoms with Crippen LogP contribution in [0.15, 0.2) is 24.3 Å². The van der Waals surface area contributed by atoms with Gasteiger partial charge in [-0.05, 0) is 23.1 Å². The van der Waals surface area contributed by atoms with E-state index in [0.717, 1.165) is 5.56 Å². The summed E-state index contributed by atoms with van der Waals surface area (Å²) < 4.78 is 12.9. The molecule has 22 heavy (non-hydrogen) atoms. The molecule has 5 nitrogen and oxygen atoms in total. The highest BCUT2D eigenvalue weighted by Crippen LogP contribution is 2.28. The summed E-state index contributed by atoms with van der Waals surface area (Å²) in [6.07, 6.45) is 0. The molecule has 0 aromatic heterocycles. The molecule has 0 radical (unpaired) electrons. The Morgan fingerprint density at radius 2 is 1.86 bits per heavy atom. The highest BCUT2D eigenvalue weighted by Gasteiger charge is 2.43. The van der Waals surface area contributed by atoms with Crippen LogP contribution >= 0.6 is 0 Å². The van der Waals surface area contributed by atoms with E-state index in [2.05, 4.69) is 0 Å². The van der Waals surface area contributed by atoms with Crippen LogP contribution in [0.25, 0.3) is 0 Å². The minimum atomic E-state index is -0.996. The van der Waals surface area contributed by atoms with Crippen molar-refractivity contribution >= 4 is 12.0 Å². The molecule has 0 saturated carbocycles. The molecule has 1 fully saturated rings. The van der Waals surface area contributed by atoms with E-state index in [1.54, 1.807) is 17.0 Å². The lowest BCUT2D eigenvalue weighted by atomic mass is 9.86. The summed E-state index contributed by atoms with van der Waals surface area (Å²) in [4.78, 5) is 27.0. The summed E-state index contributed by atoms with van der Waals surface area (Å²) >= 11 is 0. The highest BCUT2D eigenvalue weighted by atomic mass is 19.1. The largest absolute Gasteiger partial charge is 0.480 e. The van der Waals surface area contributed by atoms with E-state index in [9.17, 15) is 19.1 Å². The van der Waals surface area contributed by atoms with Crippen LogP contribution in [0.4, 0.5) is 9.18 Å². The first-order chi connectivity index (χ1) is 10.2. The van der Waals surface area contributed by atoms with Gasteiger partial charge >= 0.3 is 12.0 Å². The van der Waals surface area contributed by atoms with Crippen molar-refractivity contribution in [1.29, 1.82) is 0 Å². The van der Waals surface area contributed by atoms with Crippen molar-refractivity contribution in [3.8, 4) is 0 Å². The number of benzene rings is 1. The molecule has 1 aliphatic heterocycles. The minimum Gasteiger partial charge on any atom is -0.480 e. The smallest absolute Gasteiger partial charge is 0.327 e. The Kier molecular flexibility index (Phi) is 4.39. The molecule has 1 saturated heterocycles. The molecule has 1 aliphatic rings. The Labute approximate surface area is 129 Å². The molecule has 1 N–H and O–H groups in total. The number of urea groups is 1. The number of nitrogens with zero attached hydrogens (tertiary/aromatic N) is 2. The predicted molar refractivity (Wildman–Crippen MR) is 79.8 cm³/mol. The van der Waals surface area contributed by atoms with Gasteiger partial charge in [-0.1, -0.05) is 32.9 Å². The molecule has 120 valence electrons. The van der Waals surface area contributed by atoms with Crippen molar-refractivity contribution in [3.05, 3.63) is 35.6 Å². The van der Waals surface area contributed by atoms with Gasteiger partial charge in [0.05, 0.1) is 0 Å². The summed E-state index contributed by atoms with van der Waals surface area (Å²) in [7, 11) is 0. The quantitative estimate of drug-likeness (QED) is 0.930. The molecule has 1 heterocycles. The summed E-state index contributed by atoms with van der Waals surface area (Å²) in [5.74, 6) is -1.32. The van der Waals surface area contributed by atoms with Gasteiger partial charge < -0.3 is 14.9 Å². The van der Waals surface area contributed by atoms with Crippen LogP contribution in [0.5, 0.6) is 0 Å². The van der Waals surface area contributed by atoms with Crippen LogP contribution in [0, 0.1) is 11.2 Å². The molecule has 0 bridgehead atoms. The molecule has 6 heteroatoms. The zero-order valence-corrected chi connectivity index (χ0v) is 13.0. The second-order valence-corrected chi connectivity index (χ2v) is 6.63. The SMILES string of the molecule is CC(C)(C)[C@@H](C(=O)O)N1CCN(Cc2ccc(F)cc2)C1=O. The number of rotatable bonds is 4. The summed E-state index contributed by atoms with van der Waals surface area (Å²) in [5, 5.41) is 9.44. The molecule has 0 aliphatic carbocycles. The summed E-state index contributed by atoms with van der Waals surface area (Å²) in [5.41, 5.74) is 0.270. The maximum Gasteiger partial charge on any atom is 0.327 e. The fraction of sp³-hybridized carbons (Fsp3) is 0.500. The average molecular weight is 308 g/mol. The van der Waals surface area contributed by atoms with E-state index in [4.69, 9.17) is 0 Å². The van der Waals surface area contributed by atoms with Crippen molar-refractivity contribution < 1.29 is 19.1 Å². The van der Waals surface area contributed by atoms with E-state index < -0.39 is 17.4 Å². The standard InChI is InChI=1S/C16H21FN2O3/c1-16(2,3)13(14(20)21)19-9-8-18(15(19)22)10-11-4-6-12(17)7-5-11/h4-7,13H,8-10H2,1-3H3,(H,20,21)/t13-/m1/s1. The van der Waals surface area contributed by atoms with Crippen molar-refractivity contribution in [3.63, 3.8) is 0 Å². The van der Waals surface area contributed by atoms with Gasteiger partial charge in [0.15, 0.2) is 0 Å². The normalized spacial score (nSPS) is 17.0. The fourth-order valence-corrected chi connectivity index (χ4v) is 2.77. The van der Waals surface area contributed by atoms with Gasteiger partial charge in [0.1, 0.15) is 11.9 Å². The molecular weight excluding hydrogens is 287 g/mol. The van der Waals surface area contributed by atoms with Gasteiger partial charge in [0.25, 0.3) is 0 Å². The van der Waals surface area contributed by atoms with Crippen molar-refractivity contribution in [2.24, 2.45) is 5.41 Å². The molecule has 2 rings (SSSR count). The summed E-state index contributed by atoms with van der Waals surface area (Å²) in [6, 6.07) is 4.81.